The molecule has 12 heavy (non-hydrogen) atoms. The molecule has 0 aliphatic carbocycles. The molecule has 0 saturated heterocycles. The van der Waals surface area contributed by atoms with Gasteiger partial charge in [0.25, 0.3) is 0 Å². The third-order valence-electron chi connectivity index (χ3n) is 2.39. The van der Waals surface area contributed by atoms with E-state index in [2.05, 4.69) is 34.5 Å². The second-order valence-electron chi connectivity index (χ2n) is 3.10. The zero-order valence-electron chi connectivity index (χ0n) is 6.62. The Morgan fingerprint density at radius 2 is 2.58 bits per heavy atom. The smallest absolute Gasteiger partial charge is 0.119 e. The van der Waals surface area contributed by atoms with Crippen molar-refractivity contribution in [1.29, 1.82) is 0 Å². The summed E-state index contributed by atoms with van der Waals surface area (Å²) in [5, 5.41) is 3.38. The van der Waals surface area contributed by atoms with Crippen LogP contribution in [0.15, 0.2) is 30.4 Å². The molecular formula is C10H9N2. The Morgan fingerprint density at radius 3 is 3.58 bits per heavy atom. The molecule has 2 aliphatic heterocycles. The molecule has 2 nitrogen and oxygen atoms in total. The van der Waals surface area contributed by atoms with Crippen molar-refractivity contribution in [3.63, 3.8) is 0 Å². The average molecular weight is 157 g/mol. The van der Waals surface area contributed by atoms with Crippen molar-refractivity contribution in [2.24, 2.45) is 0 Å². The van der Waals surface area contributed by atoms with E-state index in [4.69, 9.17) is 0 Å². The molecule has 1 atom stereocenters. The van der Waals surface area contributed by atoms with Crippen LogP contribution in [0.4, 0.5) is 11.4 Å². The van der Waals surface area contributed by atoms with Crippen LogP contribution in [0, 0.1) is 6.07 Å². The summed E-state index contributed by atoms with van der Waals surface area (Å²) in [5.74, 6) is 0. The van der Waals surface area contributed by atoms with Gasteiger partial charge in [-0.3, -0.25) is 0 Å². The third-order valence-corrected chi connectivity index (χ3v) is 2.39. The van der Waals surface area contributed by atoms with Crippen molar-refractivity contribution in [3.8, 4) is 0 Å². The summed E-state index contributed by atoms with van der Waals surface area (Å²) in [5.41, 5.74) is 2.40. The van der Waals surface area contributed by atoms with Crippen LogP contribution in [0.1, 0.15) is 0 Å². The van der Waals surface area contributed by atoms with Crippen molar-refractivity contribution in [1.82, 2.24) is 0 Å². The maximum absolute atomic E-state index is 3.38. The number of para-hydroxylation sites is 1. The minimum absolute atomic E-state index is 0.374. The molecular weight excluding hydrogens is 148 g/mol. The Balaban J connectivity index is 2.12. The van der Waals surface area contributed by atoms with Crippen molar-refractivity contribution >= 4 is 11.4 Å². The summed E-state index contributed by atoms with van der Waals surface area (Å²) >= 11 is 0. The van der Waals surface area contributed by atoms with E-state index < -0.39 is 0 Å². The van der Waals surface area contributed by atoms with Gasteiger partial charge in [-0.15, -0.1) is 0 Å². The van der Waals surface area contributed by atoms with Gasteiger partial charge in [-0.2, -0.15) is 0 Å². The van der Waals surface area contributed by atoms with Gasteiger partial charge in [0.15, 0.2) is 0 Å². The summed E-state index contributed by atoms with van der Waals surface area (Å²) in [7, 11) is 0. The van der Waals surface area contributed by atoms with Crippen LogP contribution < -0.4 is 10.2 Å². The van der Waals surface area contributed by atoms with E-state index in [-0.39, 0.29) is 0 Å². The van der Waals surface area contributed by atoms with Gasteiger partial charge in [0.1, 0.15) is 6.17 Å². The lowest BCUT2D eigenvalue weighted by Gasteiger charge is -2.16. The molecule has 0 amide bonds. The molecule has 0 fully saturated rings. The van der Waals surface area contributed by atoms with E-state index in [0.29, 0.717) is 6.17 Å². The minimum atomic E-state index is 0.374. The molecule has 2 aliphatic rings. The number of nitrogens with zero attached hydrogens (tertiary/aromatic N) is 1. The molecule has 0 saturated carbocycles. The van der Waals surface area contributed by atoms with Crippen molar-refractivity contribution in [2.45, 2.75) is 6.17 Å². The third kappa shape index (κ3) is 0.644. The molecule has 1 aromatic carbocycles. The monoisotopic (exact) mass is 157 g/mol. The Kier molecular flexibility index (Phi) is 1.04. The highest BCUT2D eigenvalue weighted by atomic mass is 15.3. The Labute approximate surface area is 71.5 Å². The minimum Gasteiger partial charge on any atom is -0.360 e. The standard InChI is InChI=1S/C10H9N2/c1-2-5-9-8(4-1)11-10-6-3-7-12(9)10/h1-3,5-6,10-11H,7H2. The van der Waals surface area contributed by atoms with Gasteiger partial charge in [-0.25, -0.2) is 0 Å². The van der Waals surface area contributed by atoms with E-state index >= 15 is 0 Å². The molecule has 1 unspecified atom stereocenters. The molecule has 59 valence electrons. The maximum Gasteiger partial charge on any atom is 0.119 e. The van der Waals surface area contributed by atoms with E-state index in [0.717, 1.165) is 12.2 Å². The van der Waals surface area contributed by atoms with Gasteiger partial charge in [-0.1, -0.05) is 18.2 Å². The van der Waals surface area contributed by atoms with E-state index in [1.165, 1.54) is 5.69 Å². The Hall–Kier alpha value is -1.44. The maximum atomic E-state index is 3.38. The van der Waals surface area contributed by atoms with Crippen LogP contribution in [0.3, 0.4) is 0 Å². The normalized spacial score (nSPS) is 23.7. The van der Waals surface area contributed by atoms with Crippen LogP contribution in [-0.4, -0.2) is 12.7 Å². The van der Waals surface area contributed by atoms with Crippen molar-refractivity contribution in [2.75, 3.05) is 16.8 Å². The van der Waals surface area contributed by atoms with Crippen LogP contribution >= 0.6 is 0 Å². The number of nitrogens with one attached hydrogen (secondary N) is 1. The predicted molar refractivity (Wildman–Crippen MR) is 49.2 cm³/mol. The lowest BCUT2D eigenvalue weighted by atomic mass is 10.3. The van der Waals surface area contributed by atoms with E-state index in [1.807, 2.05) is 12.1 Å². The first-order valence-corrected chi connectivity index (χ1v) is 4.16. The number of benzene rings is 1. The highest BCUT2D eigenvalue weighted by Gasteiger charge is 2.28. The first-order valence-electron chi connectivity index (χ1n) is 4.16. The van der Waals surface area contributed by atoms with Gasteiger partial charge in [0, 0.05) is 12.6 Å². The van der Waals surface area contributed by atoms with Gasteiger partial charge >= 0.3 is 0 Å². The first-order chi connectivity index (χ1) is 5.95. The summed E-state index contributed by atoms with van der Waals surface area (Å²) in [6.07, 6.45) is 4.75. The fourth-order valence-electron chi connectivity index (χ4n) is 1.83. The molecule has 1 N–H and O–H groups in total. The van der Waals surface area contributed by atoms with Crippen molar-refractivity contribution in [3.05, 3.63) is 36.4 Å². The largest absolute Gasteiger partial charge is 0.360 e. The van der Waals surface area contributed by atoms with Crippen molar-refractivity contribution < 1.29 is 0 Å². The fourth-order valence-corrected chi connectivity index (χ4v) is 1.83. The topological polar surface area (TPSA) is 15.3 Å². The van der Waals surface area contributed by atoms with E-state index in [1.54, 1.807) is 0 Å². The first kappa shape index (κ1) is 6.12. The molecule has 0 spiro atoms. The molecule has 0 aromatic heterocycles. The quantitative estimate of drug-likeness (QED) is 0.575. The van der Waals surface area contributed by atoms with Gasteiger partial charge < -0.3 is 10.2 Å². The lowest BCUT2D eigenvalue weighted by Crippen LogP contribution is -2.29. The van der Waals surface area contributed by atoms with Crippen LogP contribution in [0.25, 0.3) is 0 Å². The molecule has 3 rings (SSSR count). The number of anilines is 2. The van der Waals surface area contributed by atoms with Gasteiger partial charge in [0.05, 0.1) is 11.4 Å². The summed E-state index contributed by atoms with van der Waals surface area (Å²) < 4.78 is 0. The summed E-state index contributed by atoms with van der Waals surface area (Å²) in [6, 6.07) is 9.29. The molecule has 2 heteroatoms. The van der Waals surface area contributed by atoms with Gasteiger partial charge in [-0.05, 0) is 12.1 Å². The second-order valence-corrected chi connectivity index (χ2v) is 3.10. The SMILES string of the molecule is [c]1cccc2c1NC1C=CCN21. The zero-order chi connectivity index (χ0) is 7.97. The Morgan fingerprint density at radius 1 is 1.58 bits per heavy atom. The van der Waals surface area contributed by atoms with Crippen LogP contribution in [0.2, 0.25) is 0 Å². The number of hydrogen-bond acceptors (Lipinski definition) is 2. The number of rotatable bonds is 0. The molecule has 2 heterocycles. The highest BCUT2D eigenvalue weighted by molar-refractivity contribution is 5.77. The van der Waals surface area contributed by atoms with Crippen LogP contribution in [-0.2, 0) is 0 Å². The fraction of sp³-hybridized carbons (Fsp3) is 0.200. The highest BCUT2D eigenvalue weighted by Crippen LogP contribution is 2.35. The lowest BCUT2D eigenvalue weighted by molar-refractivity contribution is 0.883. The number of hydrogen-bond donors (Lipinski definition) is 1. The van der Waals surface area contributed by atoms with Crippen LogP contribution in [0.5, 0.6) is 0 Å². The second kappa shape index (κ2) is 2.03. The molecule has 0 bridgehead atoms. The zero-order valence-corrected chi connectivity index (χ0v) is 6.62. The summed E-state index contributed by atoms with van der Waals surface area (Å²) in [4.78, 5) is 2.33. The summed E-state index contributed by atoms with van der Waals surface area (Å²) in [6.45, 7) is 1.02. The Bertz CT molecular complexity index is 343. The molecule has 1 aromatic rings. The average Bonchev–Trinajstić information content (AvgIpc) is 2.62. The molecule has 1 radical (unpaired) electrons. The van der Waals surface area contributed by atoms with Gasteiger partial charge in [0.2, 0.25) is 0 Å². The number of fused-ring (bicyclic) bond motifs is 3. The predicted octanol–water partition coefficient (Wildman–Crippen LogP) is 1.61. The van der Waals surface area contributed by atoms with E-state index in [9.17, 15) is 0 Å².